The van der Waals surface area contributed by atoms with Crippen LogP contribution < -0.4 is 14.8 Å². The summed E-state index contributed by atoms with van der Waals surface area (Å²) in [6.45, 7) is 4.74. The molecule has 0 aromatic heterocycles. The van der Waals surface area contributed by atoms with Crippen molar-refractivity contribution < 1.29 is 9.47 Å². The van der Waals surface area contributed by atoms with E-state index in [9.17, 15) is 0 Å². The van der Waals surface area contributed by atoms with Gasteiger partial charge in [0.25, 0.3) is 0 Å². The molecule has 0 heterocycles. The van der Waals surface area contributed by atoms with Crippen LogP contribution in [-0.2, 0) is 6.54 Å². The first-order valence-corrected chi connectivity index (χ1v) is 7.71. The van der Waals surface area contributed by atoms with Crippen LogP contribution in [0.15, 0.2) is 46.9 Å². The zero-order valence-electron chi connectivity index (χ0n) is 12.5. The molecule has 0 spiro atoms. The molecule has 2 aromatic carbocycles. The highest BCUT2D eigenvalue weighted by Gasteiger charge is 2.07. The first-order valence-electron chi connectivity index (χ1n) is 6.91. The third-order valence-electron chi connectivity index (χ3n) is 2.91. The van der Waals surface area contributed by atoms with Crippen LogP contribution >= 0.6 is 15.9 Å². The molecule has 0 aliphatic heterocycles. The van der Waals surface area contributed by atoms with Gasteiger partial charge in [-0.05, 0) is 49.7 Å². The second-order valence-electron chi connectivity index (χ2n) is 5.02. The van der Waals surface area contributed by atoms with Gasteiger partial charge in [0.2, 0.25) is 0 Å². The Morgan fingerprint density at radius 1 is 1.10 bits per heavy atom. The maximum atomic E-state index is 5.72. The number of ether oxygens (including phenoxy) is 2. The van der Waals surface area contributed by atoms with Gasteiger partial charge in [-0.1, -0.05) is 28.1 Å². The van der Waals surface area contributed by atoms with E-state index in [1.807, 2.05) is 56.3 Å². The van der Waals surface area contributed by atoms with E-state index in [1.54, 1.807) is 7.11 Å². The fraction of sp³-hybridized carbons (Fsp3) is 0.294. The summed E-state index contributed by atoms with van der Waals surface area (Å²) in [6.07, 6.45) is 0.129. The van der Waals surface area contributed by atoms with Crippen LogP contribution in [0.1, 0.15) is 19.4 Å². The second kappa shape index (κ2) is 7.36. The molecule has 2 rings (SSSR count). The predicted molar refractivity (Wildman–Crippen MR) is 90.2 cm³/mol. The number of hydrogen-bond acceptors (Lipinski definition) is 3. The zero-order chi connectivity index (χ0) is 15.2. The number of benzene rings is 2. The fourth-order valence-electron chi connectivity index (χ4n) is 1.98. The Bertz CT molecular complexity index is 599. The summed E-state index contributed by atoms with van der Waals surface area (Å²) < 4.78 is 12.2. The zero-order valence-corrected chi connectivity index (χ0v) is 14.1. The standard InChI is InChI=1S/C17H20BrNO2/c1-12(2)21-16-8-7-13(9-17(16)20-3)11-19-15-6-4-5-14(18)10-15/h4-10,12,19H,11H2,1-3H3. The lowest BCUT2D eigenvalue weighted by molar-refractivity contribution is 0.230. The van der Waals surface area contributed by atoms with Gasteiger partial charge in [-0.2, -0.15) is 0 Å². The predicted octanol–water partition coefficient (Wildman–Crippen LogP) is 4.86. The van der Waals surface area contributed by atoms with Crippen LogP contribution in [0.3, 0.4) is 0 Å². The Morgan fingerprint density at radius 3 is 2.57 bits per heavy atom. The lowest BCUT2D eigenvalue weighted by atomic mass is 10.2. The Hall–Kier alpha value is -1.68. The molecule has 0 fully saturated rings. The molecule has 2 aromatic rings. The number of hydrogen-bond donors (Lipinski definition) is 1. The summed E-state index contributed by atoms with van der Waals surface area (Å²) in [5.74, 6) is 1.54. The van der Waals surface area contributed by atoms with Gasteiger partial charge in [-0.25, -0.2) is 0 Å². The molecule has 21 heavy (non-hydrogen) atoms. The Balaban J connectivity index is 2.07. The van der Waals surface area contributed by atoms with E-state index in [0.29, 0.717) is 0 Å². The van der Waals surface area contributed by atoms with Crippen molar-refractivity contribution in [3.63, 3.8) is 0 Å². The fourth-order valence-corrected chi connectivity index (χ4v) is 2.38. The SMILES string of the molecule is COc1cc(CNc2cccc(Br)c2)ccc1OC(C)C. The summed E-state index contributed by atoms with van der Waals surface area (Å²) in [7, 11) is 1.66. The Labute approximate surface area is 134 Å². The van der Waals surface area contributed by atoms with Gasteiger partial charge in [-0.15, -0.1) is 0 Å². The highest BCUT2D eigenvalue weighted by atomic mass is 79.9. The van der Waals surface area contributed by atoms with Crippen LogP contribution in [0.2, 0.25) is 0 Å². The third kappa shape index (κ3) is 4.67. The van der Waals surface area contributed by atoms with E-state index in [4.69, 9.17) is 9.47 Å². The van der Waals surface area contributed by atoms with Gasteiger partial charge < -0.3 is 14.8 Å². The van der Waals surface area contributed by atoms with E-state index in [1.165, 1.54) is 0 Å². The molecule has 1 N–H and O–H groups in total. The number of nitrogens with one attached hydrogen (secondary N) is 1. The maximum Gasteiger partial charge on any atom is 0.161 e. The van der Waals surface area contributed by atoms with Gasteiger partial charge in [0.15, 0.2) is 11.5 Å². The topological polar surface area (TPSA) is 30.5 Å². The minimum Gasteiger partial charge on any atom is -0.493 e. The molecule has 0 aliphatic rings. The highest BCUT2D eigenvalue weighted by molar-refractivity contribution is 9.10. The van der Waals surface area contributed by atoms with Crippen molar-refractivity contribution in [1.82, 2.24) is 0 Å². The van der Waals surface area contributed by atoms with E-state index < -0.39 is 0 Å². The number of rotatable bonds is 6. The molecule has 112 valence electrons. The monoisotopic (exact) mass is 349 g/mol. The van der Waals surface area contributed by atoms with Gasteiger partial charge in [0.05, 0.1) is 13.2 Å². The summed E-state index contributed by atoms with van der Waals surface area (Å²) in [5.41, 5.74) is 2.22. The van der Waals surface area contributed by atoms with E-state index in [-0.39, 0.29) is 6.10 Å². The van der Waals surface area contributed by atoms with Crippen molar-refractivity contribution >= 4 is 21.6 Å². The molecule has 0 saturated carbocycles. The number of methoxy groups -OCH3 is 1. The van der Waals surface area contributed by atoms with Crippen LogP contribution in [0.25, 0.3) is 0 Å². The van der Waals surface area contributed by atoms with Gasteiger partial charge >= 0.3 is 0 Å². The molecular weight excluding hydrogens is 330 g/mol. The summed E-state index contributed by atoms with van der Waals surface area (Å²) in [4.78, 5) is 0. The second-order valence-corrected chi connectivity index (χ2v) is 5.93. The number of anilines is 1. The smallest absolute Gasteiger partial charge is 0.161 e. The normalized spacial score (nSPS) is 10.5. The first-order chi connectivity index (χ1) is 10.1. The molecule has 0 atom stereocenters. The Kier molecular flexibility index (Phi) is 5.51. The van der Waals surface area contributed by atoms with Crippen molar-refractivity contribution in [2.75, 3.05) is 12.4 Å². The van der Waals surface area contributed by atoms with Crippen molar-refractivity contribution in [3.05, 3.63) is 52.5 Å². The van der Waals surface area contributed by atoms with Crippen LogP contribution in [0, 0.1) is 0 Å². The minimum atomic E-state index is 0.129. The van der Waals surface area contributed by atoms with Crippen molar-refractivity contribution in [2.24, 2.45) is 0 Å². The van der Waals surface area contributed by atoms with E-state index in [0.717, 1.165) is 33.8 Å². The molecule has 3 nitrogen and oxygen atoms in total. The molecule has 0 aliphatic carbocycles. The average molecular weight is 350 g/mol. The maximum absolute atomic E-state index is 5.72. The van der Waals surface area contributed by atoms with Crippen molar-refractivity contribution in [1.29, 1.82) is 0 Å². The van der Waals surface area contributed by atoms with Crippen LogP contribution in [0.4, 0.5) is 5.69 Å². The molecule has 0 bridgehead atoms. The van der Waals surface area contributed by atoms with Gasteiger partial charge in [0, 0.05) is 16.7 Å². The summed E-state index contributed by atoms with van der Waals surface area (Å²) in [6, 6.07) is 14.1. The molecule has 0 radical (unpaired) electrons. The van der Waals surface area contributed by atoms with Gasteiger partial charge in [-0.3, -0.25) is 0 Å². The molecular formula is C17H20BrNO2. The van der Waals surface area contributed by atoms with Crippen LogP contribution in [-0.4, -0.2) is 13.2 Å². The lowest BCUT2D eigenvalue weighted by Gasteiger charge is -2.15. The lowest BCUT2D eigenvalue weighted by Crippen LogP contribution is -2.07. The summed E-state index contributed by atoms with van der Waals surface area (Å²) in [5, 5.41) is 3.39. The third-order valence-corrected chi connectivity index (χ3v) is 3.41. The van der Waals surface area contributed by atoms with Crippen LogP contribution in [0.5, 0.6) is 11.5 Å². The van der Waals surface area contributed by atoms with E-state index >= 15 is 0 Å². The summed E-state index contributed by atoms with van der Waals surface area (Å²) >= 11 is 3.47. The molecule has 0 unspecified atom stereocenters. The highest BCUT2D eigenvalue weighted by Crippen LogP contribution is 2.29. The minimum absolute atomic E-state index is 0.129. The van der Waals surface area contributed by atoms with Crippen molar-refractivity contribution in [2.45, 2.75) is 26.5 Å². The molecule has 4 heteroatoms. The quantitative estimate of drug-likeness (QED) is 0.807. The van der Waals surface area contributed by atoms with Gasteiger partial charge in [0.1, 0.15) is 0 Å². The van der Waals surface area contributed by atoms with Crippen molar-refractivity contribution in [3.8, 4) is 11.5 Å². The first kappa shape index (κ1) is 15.7. The number of halogens is 1. The largest absolute Gasteiger partial charge is 0.493 e. The Morgan fingerprint density at radius 2 is 1.90 bits per heavy atom. The molecule has 0 amide bonds. The average Bonchev–Trinajstić information content (AvgIpc) is 2.45. The van der Waals surface area contributed by atoms with E-state index in [2.05, 4.69) is 21.2 Å². The molecule has 0 saturated heterocycles.